The van der Waals surface area contributed by atoms with E-state index in [0.29, 0.717) is 23.2 Å². The molecule has 0 aliphatic rings. The van der Waals surface area contributed by atoms with Crippen LogP contribution in [0.4, 0.5) is 0 Å². The number of amides is 1. The van der Waals surface area contributed by atoms with Crippen molar-refractivity contribution < 1.29 is 9.32 Å². The quantitative estimate of drug-likeness (QED) is 0.715. The maximum absolute atomic E-state index is 12.2. The second-order valence-electron chi connectivity index (χ2n) is 6.22. The van der Waals surface area contributed by atoms with Gasteiger partial charge in [0.05, 0.1) is 18.3 Å². The molecule has 7 nitrogen and oxygen atoms in total. The van der Waals surface area contributed by atoms with E-state index < -0.39 is 0 Å². The van der Waals surface area contributed by atoms with Crippen LogP contribution in [0.5, 0.6) is 0 Å². The molecule has 26 heavy (non-hydrogen) atoms. The Morgan fingerprint density at radius 1 is 1.31 bits per heavy atom. The van der Waals surface area contributed by atoms with Crippen LogP contribution in [0.25, 0.3) is 11.5 Å². The second-order valence-corrected chi connectivity index (χ2v) is 6.66. The van der Waals surface area contributed by atoms with Crippen LogP contribution in [-0.4, -0.2) is 25.8 Å². The van der Waals surface area contributed by atoms with Crippen molar-refractivity contribution in [3.63, 3.8) is 0 Å². The minimum Gasteiger partial charge on any atom is -0.349 e. The summed E-state index contributed by atoms with van der Waals surface area (Å²) in [6.45, 7) is 6.09. The highest BCUT2D eigenvalue weighted by atomic mass is 35.5. The molecule has 3 aromatic rings. The first kappa shape index (κ1) is 18.1. The van der Waals surface area contributed by atoms with Gasteiger partial charge in [-0.3, -0.25) is 9.48 Å². The topological polar surface area (TPSA) is 85.8 Å². The molecule has 1 atom stereocenters. The number of nitrogens with zero attached hydrogens (tertiary/aromatic N) is 4. The zero-order chi connectivity index (χ0) is 18.7. The third-order valence-corrected chi connectivity index (χ3v) is 4.20. The maximum Gasteiger partial charge on any atom is 0.257 e. The number of aryl methyl sites for hydroxylation is 2. The van der Waals surface area contributed by atoms with Gasteiger partial charge in [-0.15, -0.1) is 0 Å². The fourth-order valence-corrected chi connectivity index (χ4v) is 2.86. The average molecular weight is 374 g/mol. The summed E-state index contributed by atoms with van der Waals surface area (Å²) in [6, 6.07) is 9.07. The fourth-order valence-electron chi connectivity index (χ4n) is 2.73. The van der Waals surface area contributed by atoms with Crippen LogP contribution in [-0.2, 0) is 11.3 Å². The van der Waals surface area contributed by atoms with Crippen LogP contribution in [0.1, 0.15) is 36.6 Å². The van der Waals surface area contributed by atoms with E-state index in [1.165, 1.54) is 0 Å². The van der Waals surface area contributed by atoms with Gasteiger partial charge >= 0.3 is 0 Å². The molecular weight excluding hydrogens is 354 g/mol. The van der Waals surface area contributed by atoms with E-state index >= 15 is 0 Å². The Hall–Kier alpha value is -2.67. The molecule has 1 amide bonds. The molecule has 1 aromatic carbocycles. The summed E-state index contributed by atoms with van der Waals surface area (Å²) in [4.78, 5) is 16.5. The van der Waals surface area contributed by atoms with Crippen molar-refractivity contribution in [1.29, 1.82) is 0 Å². The van der Waals surface area contributed by atoms with Crippen molar-refractivity contribution in [2.24, 2.45) is 0 Å². The molecule has 0 saturated heterocycles. The van der Waals surface area contributed by atoms with Gasteiger partial charge in [-0.2, -0.15) is 10.1 Å². The number of halogens is 1. The molecule has 0 spiro atoms. The van der Waals surface area contributed by atoms with Gasteiger partial charge in [-0.05, 0) is 51.1 Å². The van der Waals surface area contributed by atoms with Crippen molar-refractivity contribution in [3.8, 4) is 11.5 Å². The number of rotatable bonds is 6. The Morgan fingerprint density at radius 3 is 2.69 bits per heavy atom. The molecule has 1 N–H and O–H groups in total. The lowest BCUT2D eigenvalue weighted by atomic mass is 10.2. The van der Waals surface area contributed by atoms with Gasteiger partial charge in [0.1, 0.15) is 0 Å². The highest BCUT2D eigenvalue weighted by molar-refractivity contribution is 6.30. The van der Waals surface area contributed by atoms with E-state index in [1.54, 1.807) is 24.3 Å². The Balaban J connectivity index is 1.55. The minimum absolute atomic E-state index is 0.0291. The molecule has 3 rings (SSSR count). The fraction of sp³-hybridized carbons (Fsp3) is 0.333. The van der Waals surface area contributed by atoms with Crippen LogP contribution in [0, 0.1) is 13.8 Å². The summed E-state index contributed by atoms with van der Waals surface area (Å²) in [6.07, 6.45) is 0.323. The van der Waals surface area contributed by atoms with E-state index in [0.717, 1.165) is 17.0 Å². The molecule has 136 valence electrons. The molecule has 8 heteroatoms. The predicted octanol–water partition coefficient (Wildman–Crippen LogP) is 3.47. The molecule has 0 radical (unpaired) electrons. The second kappa shape index (κ2) is 7.70. The van der Waals surface area contributed by atoms with Gasteiger partial charge in [-0.1, -0.05) is 16.8 Å². The van der Waals surface area contributed by atoms with Gasteiger partial charge in [-0.25, -0.2) is 0 Å². The van der Waals surface area contributed by atoms with Gasteiger partial charge < -0.3 is 9.84 Å². The Morgan fingerprint density at radius 2 is 2.04 bits per heavy atom. The van der Waals surface area contributed by atoms with Crippen molar-refractivity contribution >= 4 is 17.5 Å². The summed E-state index contributed by atoms with van der Waals surface area (Å²) in [5.74, 6) is 0.715. The van der Waals surface area contributed by atoms with E-state index in [4.69, 9.17) is 16.1 Å². The lowest BCUT2D eigenvalue weighted by molar-refractivity contribution is -0.122. The molecule has 0 aliphatic heterocycles. The number of carbonyl (C=O) groups is 1. The minimum atomic E-state index is -0.0945. The number of nitrogens with one attached hydrogen (secondary N) is 1. The van der Waals surface area contributed by atoms with Crippen LogP contribution >= 0.6 is 11.6 Å². The zero-order valence-electron chi connectivity index (χ0n) is 14.9. The lowest BCUT2D eigenvalue weighted by Gasteiger charge is -2.13. The lowest BCUT2D eigenvalue weighted by Crippen LogP contribution is -2.26. The first-order chi connectivity index (χ1) is 12.4. The summed E-state index contributed by atoms with van der Waals surface area (Å²) in [5, 5.41) is 11.8. The van der Waals surface area contributed by atoms with Crippen molar-refractivity contribution in [2.75, 3.05) is 0 Å². The monoisotopic (exact) mass is 373 g/mol. The molecule has 0 fully saturated rings. The van der Waals surface area contributed by atoms with Gasteiger partial charge in [0.2, 0.25) is 5.91 Å². The number of benzene rings is 1. The number of hydrogen-bond acceptors (Lipinski definition) is 5. The summed E-state index contributed by atoms with van der Waals surface area (Å²) in [7, 11) is 0. The standard InChI is InChI=1S/C18H20ClN5O2/c1-11-8-12(2)24(22-11)13(3)9-17(25)20-10-16-21-18(26-23-16)14-4-6-15(19)7-5-14/h4-8,13H,9-10H2,1-3H3,(H,20,25)/t13-/m1/s1. The van der Waals surface area contributed by atoms with Gasteiger partial charge in [0, 0.05) is 22.7 Å². The smallest absolute Gasteiger partial charge is 0.257 e. The molecule has 2 heterocycles. The zero-order valence-corrected chi connectivity index (χ0v) is 15.6. The molecule has 0 bridgehead atoms. The largest absolute Gasteiger partial charge is 0.349 e. The number of carbonyl (C=O) groups excluding carboxylic acids is 1. The highest BCUT2D eigenvalue weighted by Crippen LogP contribution is 2.19. The summed E-state index contributed by atoms with van der Waals surface area (Å²) in [5.41, 5.74) is 2.75. The van der Waals surface area contributed by atoms with Crippen LogP contribution in [0.3, 0.4) is 0 Å². The molecular formula is C18H20ClN5O2. The molecule has 2 aromatic heterocycles. The van der Waals surface area contributed by atoms with Crippen LogP contribution < -0.4 is 5.32 Å². The van der Waals surface area contributed by atoms with Crippen LogP contribution in [0.15, 0.2) is 34.9 Å². The van der Waals surface area contributed by atoms with E-state index in [-0.39, 0.29) is 18.5 Å². The first-order valence-corrected chi connectivity index (χ1v) is 8.68. The predicted molar refractivity (Wildman–Crippen MR) is 97.6 cm³/mol. The molecule has 0 aliphatic carbocycles. The first-order valence-electron chi connectivity index (χ1n) is 8.30. The maximum atomic E-state index is 12.2. The average Bonchev–Trinajstić information content (AvgIpc) is 3.20. The summed E-state index contributed by atoms with van der Waals surface area (Å²) >= 11 is 5.87. The van der Waals surface area contributed by atoms with E-state index in [1.807, 2.05) is 31.5 Å². The van der Waals surface area contributed by atoms with Gasteiger partial charge in [0.25, 0.3) is 5.89 Å². The SMILES string of the molecule is Cc1cc(C)n([C@H](C)CC(=O)NCc2noc(-c3ccc(Cl)cc3)n2)n1. The number of hydrogen-bond donors (Lipinski definition) is 1. The van der Waals surface area contributed by atoms with Crippen LogP contribution in [0.2, 0.25) is 5.02 Å². The molecule has 0 unspecified atom stereocenters. The third kappa shape index (κ3) is 4.29. The van der Waals surface area contributed by atoms with Crippen molar-refractivity contribution in [1.82, 2.24) is 25.2 Å². The normalized spacial score (nSPS) is 12.2. The van der Waals surface area contributed by atoms with Crippen molar-refractivity contribution in [2.45, 2.75) is 39.8 Å². The van der Waals surface area contributed by atoms with E-state index in [2.05, 4.69) is 20.6 Å². The molecule has 0 saturated carbocycles. The Labute approximate surface area is 156 Å². The Bertz CT molecular complexity index is 901. The Kier molecular flexibility index (Phi) is 5.37. The highest BCUT2D eigenvalue weighted by Gasteiger charge is 2.15. The third-order valence-electron chi connectivity index (χ3n) is 3.95. The van der Waals surface area contributed by atoms with Crippen molar-refractivity contribution in [3.05, 3.63) is 52.6 Å². The summed E-state index contributed by atoms with van der Waals surface area (Å²) < 4.78 is 7.09. The number of aromatic nitrogens is 4. The van der Waals surface area contributed by atoms with Gasteiger partial charge in [0.15, 0.2) is 5.82 Å². The van der Waals surface area contributed by atoms with E-state index in [9.17, 15) is 4.79 Å².